The Kier molecular flexibility index (Phi) is 3.38. The summed E-state index contributed by atoms with van der Waals surface area (Å²) < 4.78 is 26.3. The van der Waals surface area contributed by atoms with Crippen molar-refractivity contribution in [2.45, 2.75) is 20.4 Å². The number of aromatic nitrogens is 1. The van der Waals surface area contributed by atoms with Gasteiger partial charge in [0.1, 0.15) is 11.6 Å². The molecule has 2 aromatic rings. The lowest BCUT2D eigenvalue weighted by atomic mass is 10.2. The third-order valence-corrected chi connectivity index (χ3v) is 3.50. The maximum Gasteiger partial charge on any atom is 0.183 e. The van der Waals surface area contributed by atoms with Gasteiger partial charge in [-0.05, 0) is 32.0 Å². The van der Waals surface area contributed by atoms with Gasteiger partial charge in [-0.3, -0.25) is 0 Å². The molecular weight excluding hydrogens is 242 g/mol. The standard InChI is InChI=1S/C12H12F2N2S/c1-7-8(2)17-12(16-7)15-6-9-5-10(13)3-4-11(9)14/h3-5H,6H2,1-2H3,(H,15,16). The molecule has 0 atom stereocenters. The number of hydrogen-bond acceptors (Lipinski definition) is 3. The van der Waals surface area contributed by atoms with Crippen LogP contribution in [-0.2, 0) is 6.54 Å². The van der Waals surface area contributed by atoms with Crippen molar-refractivity contribution >= 4 is 16.5 Å². The molecule has 0 aliphatic carbocycles. The molecule has 0 saturated carbocycles. The maximum atomic E-state index is 13.3. The van der Waals surface area contributed by atoms with Crippen LogP contribution in [0.1, 0.15) is 16.1 Å². The first-order valence-corrected chi connectivity index (χ1v) is 6.00. The van der Waals surface area contributed by atoms with Gasteiger partial charge in [0.15, 0.2) is 5.13 Å². The lowest BCUT2D eigenvalue weighted by Gasteiger charge is -2.04. The number of anilines is 1. The second kappa shape index (κ2) is 4.79. The Morgan fingerprint density at radius 3 is 2.71 bits per heavy atom. The van der Waals surface area contributed by atoms with Crippen LogP contribution >= 0.6 is 11.3 Å². The molecule has 0 fully saturated rings. The second-order valence-electron chi connectivity index (χ2n) is 3.75. The van der Waals surface area contributed by atoms with Gasteiger partial charge in [-0.2, -0.15) is 0 Å². The number of benzene rings is 1. The molecule has 1 aromatic heterocycles. The Bertz CT molecular complexity index is 518. The van der Waals surface area contributed by atoms with Crippen LogP contribution in [0.25, 0.3) is 0 Å². The Balaban J connectivity index is 2.09. The first-order chi connectivity index (χ1) is 8.06. The van der Waals surface area contributed by atoms with Crippen molar-refractivity contribution in [2.75, 3.05) is 5.32 Å². The molecule has 0 saturated heterocycles. The van der Waals surface area contributed by atoms with Gasteiger partial charge >= 0.3 is 0 Å². The summed E-state index contributed by atoms with van der Waals surface area (Å²) in [5, 5.41) is 3.72. The fraction of sp³-hybridized carbons (Fsp3) is 0.250. The van der Waals surface area contributed by atoms with E-state index in [1.165, 1.54) is 17.4 Å². The van der Waals surface area contributed by atoms with E-state index in [9.17, 15) is 8.78 Å². The number of thiazole rings is 1. The first kappa shape index (κ1) is 12.0. The van der Waals surface area contributed by atoms with Crippen molar-refractivity contribution in [3.05, 3.63) is 46.0 Å². The van der Waals surface area contributed by atoms with Gasteiger partial charge in [0.2, 0.25) is 0 Å². The summed E-state index contributed by atoms with van der Waals surface area (Å²) in [6.07, 6.45) is 0. The van der Waals surface area contributed by atoms with Crippen molar-refractivity contribution in [2.24, 2.45) is 0 Å². The van der Waals surface area contributed by atoms with Crippen LogP contribution in [0.4, 0.5) is 13.9 Å². The van der Waals surface area contributed by atoms with Crippen molar-refractivity contribution in [3.8, 4) is 0 Å². The van der Waals surface area contributed by atoms with Gasteiger partial charge in [0, 0.05) is 17.0 Å². The zero-order valence-corrected chi connectivity index (χ0v) is 10.4. The highest BCUT2D eigenvalue weighted by atomic mass is 32.1. The molecule has 1 aromatic carbocycles. The van der Waals surface area contributed by atoms with Crippen LogP contribution in [0.2, 0.25) is 0 Å². The predicted octanol–water partition coefficient (Wildman–Crippen LogP) is 3.65. The number of nitrogens with one attached hydrogen (secondary N) is 1. The van der Waals surface area contributed by atoms with Crippen LogP contribution in [0, 0.1) is 25.5 Å². The molecule has 0 unspecified atom stereocenters. The summed E-state index contributed by atoms with van der Waals surface area (Å²) in [6, 6.07) is 3.43. The van der Waals surface area contributed by atoms with E-state index in [4.69, 9.17) is 0 Å². The third-order valence-electron chi connectivity index (χ3n) is 2.47. The molecule has 1 heterocycles. The second-order valence-corrected chi connectivity index (χ2v) is 4.95. The van der Waals surface area contributed by atoms with E-state index in [0.717, 1.165) is 27.8 Å². The number of halogens is 2. The van der Waals surface area contributed by atoms with Gasteiger partial charge in [-0.25, -0.2) is 13.8 Å². The summed E-state index contributed by atoms with van der Waals surface area (Å²) in [6.45, 7) is 4.12. The minimum absolute atomic E-state index is 0.232. The summed E-state index contributed by atoms with van der Waals surface area (Å²) in [5.41, 5.74) is 1.26. The quantitative estimate of drug-likeness (QED) is 0.904. The molecule has 1 N–H and O–H groups in total. The van der Waals surface area contributed by atoms with Gasteiger partial charge < -0.3 is 5.32 Å². The molecule has 5 heteroatoms. The summed E-state index contributed by atoms with van der Waals surface area (Å²) in [4.78, 5) is 5.39. The van der Waals surface area contributed by atoms with E-state index in [2.05, 4.69) is 10.3 Å². The Morgan fingerprint density at radius 2 is 2.06 bits per heavy atom. The smallest absolute Gasteiger partial charge is 0.183 e. The average Bonchev–Trinajstić information content (AvgIpc) is 2.60. The lowest BCUT2D eigenvalue weighted by Crippen LogP contribution is -2.02. The molecular formula is C12H12F2N2S. The Labute approximate surface area is 102 Å². The van der Waals surface area contributed by atoms with E-state index >= 15 is 0 Å². The fourth-order valence-corrected chi connectivity index (χ4v) is 2.21. The van der Waals surface area contributed by atoms with Gasteiger partial charge in [-0.1, -0.05) is 0 Å². The van der Waals surface area contributed by atoms with Gasteiger partial charge in [0.05, 0.1) is 5.69 Å². The van der Waals surface area contributed by atoms with E-state index in [-0.39, 0.29) is 6.54 Å². The number of hydrogen-bond donors (Lipinski definition) is 1. The topological polar surface area (TPSA) is 24.9 Å². The molecule has 2 nitrogen and oxygen atoms in total. The molecule has 0 radical (unpaired) electrons. The molecule has 17 heavy (non-hydrogen) atoms. The Hall–Kier alpha value is -1.49. The minimum atomic E-state index is -0.435. The summed E-state index contributed by atoms with van der Waals surface area (Å²) in [5.74, 6) is -0.849. The van der Waals surface area contributed by atoms with Crippen LogP contribution in [0.15, 0.2) is 18.2 Å². The number of rotatable bonds is 3. The van der Waals surface area contributed by atoms with E-state index in [0.29, 0.717) is 5.56 Å². The van der Waals surface area contributed by atoms with Crippen molar-refractivity contribution < 1.29 is 8.78 Å². The summed E-state index contributed by atoms with van der Waals surface area (Å²) >= 11 is 1.51. The fourth-order valence-electron chi connectivity index (χ4n) is 1.40. The zero-order chi connectivity index (χ0) is 12.4. The SMILES string of the molecule is Cc1nc(NCc2cc(F)ccc2F)sc1C. The normalized spacial score (nSPS) is 10.6. The maximum absolute atomic E-state index is 13.3. The average molecular weight is 254 g/mol. The largest absolute Gasteiger partial charge is 0.357 e. The molecule has 0 aliphatic heterocycles. The van der Waals surface area contributed by atoms with Crippen molar-refractivity contribution in [3.63, 3.8) is 0 Å². The van der Waals surface area contributed by atoms with Crippen LogP contribution in [0.5, 0.6) is 0 Å². The molecule has 0 bridgehead atoms. The molecule has 0 amide bonds. The lowest BCUT2D eigenvalue weighted by molar-refractivity contribution is 0.587. The zero-order valence-electron chi connectivity index (χ0n) is 9.55. The minimum Gasteiger partial charge on any atom is -0.357 e. The molecule has 0 spiro atoms. The first-order valence-electron chi connectivity index (χ1n) is 5.18. The van der Waals surface area contributed by atoms with Crippen molar-refractivity contribution in [1.29, 1.82) is 0 Å². The number of aryl methyl sites for hydroxylation is 2. The predicted molar refractivity (Wildman–Crippen MR) is 65.3 cm³/mol. The highest BCUT2D eigenvalue weighted by Crippen LogP contribution is 2.22. The van der Waals surface area contributed by atoms with Gasteiger partial charge in [0.25, 0.3) is 0 Å². The van der Waals surface area contributed by atoms with Crippen molar-refractivity contribution in [1.82, 2.24) is 4.98 Å². The van der Waals surface area contributed by atoms with E-state index in [1.54, 1.807) is 0 Å². The van der Waals surface area contributed by atoms with Crippen LogP contribution in [-0.4, -0.2) is 4.98 Å². The number of nitrogens with zero attached hydrogens (tertiary/aromatic N) is 1. The Morgan fingerprint density at radius 1 is 1.29 bits per heavy atom. The molecule has 2 rings (SSSR count). The van der Waals surface area contributed by atoms with Crippen LogP contribution < -0.4 is 5.32 Å². The summed E-state index contributed by atoms with van der Waals surface area (Å²) in [7, 11) is 0. The van der Waals surface area contributed by atoms with Gasteiger partial charge in [-0.15, -0.1) is 11.3 Å². The van der Waals surface area contributed by atoms with Crippen LogP contribution in [0.3, 0.4) is 0 Å². The highest BCUT2D eigenvalue weighted by Gasteiger charge is 2.06. The van der Waals surface area contributed by atoms with E-state index in [1.807, 2.05) is 13.8 Å². The third kappa shape index (κ3) is 2.79. The monoisotopic (exact) mass is 254 g/mol. The molecule has 90 valence electrons. The molecule has 0 aliphatic rings. The highest BCUT2D eigenvalue weighted by molar-refractivity contribution is 7.15. The van der Waals surface area contributed by atoms with E-state index < -0.39 is 11.6 Å².